The maximum atomic E-state index is 5.77. The normalized spacial score (nSPS) is 24.2. The van der Waals surface area contributed by atoms with Crippen LogP contribution in [0.3, 0.4) is 0 Å². The quantitative estimate of drug-likeness (QED) is 0.907. The molecule has 2 heterocycles. The molecule has 1 N–H and O–H groups in total. The SMILES string of the molecule is c1cc2c(cc1NC1CCC3(CC1)OCCO3)OCCO2. The molecule has 2 fully saturated rings. The van der Waals surface area contributed by atoms with Gasteiger partial charge in [-0.05, 0) is 25.0 Å². The average molecular weight is 291 g/mol. The average Bonchev–Trinajstić information content (AvgIpc) is 2.98. The summed E-state index contributed by atoms with van der Waals surface area (Å²) in [5.74, 6) is 1.38. The molecule has 1 aliphatic carbocycles. The molecule has 0 unspecified atom stereocenters. The lowest BCUT2D eigenvalue weighted by Gasteiger charge is -2.36. The standard InChI is InChI=1S/C16H21NO4/c1-2-14-15(19-8-7-18-14)11-13(1)17-12-3-5-16(6-4-12)20-9-10-21-16/h1-2,11-12,17H,3-10H2. The Morgan fingerprint density at radius 3 is 2.38 bits per heavy atom. The summed E-state index contributed by atoms with van der Waals surface area (Å²) in [5.41, 5.74) is 1.09. The van der Waals surface area contributed by atoms with E-state index in [4.69, 9.17) is 18.9 Å². The second-order valence-electron chi connectivity index (χ2n) is 5.88. The maximum absolute atomic E-state index is 5.77. The van der Waals surface area contributed by atoms with E-state index < -0.39 is 0 Å². The number of anilines is 1. The molecule has 0 atom stereocenters. The number of fused-ring (bicyclic) bond motifs is 1. The summed E-state index contributed by atoms with van der Waals surface area (Å²) in [5, 5.41) is 3.59. The molecule has 0 radical (unpaired) electrons. The van der Waals surface area contributed by atoms with Gasteiger partial charge in [-0.15, -0.1) is 0 Å². The van der Waals surface area contributed by atoms with Gasteiger partial charge < -0.3 is 24.3 Å². The summed E-state index contributed by atoms with van der Waals surface area (Å²) in [6.07, 6.45) is 4.06. The molecular weight excluding hydrogens is 270 g/mol. The van der Waals surface area contributed by atoms with Gasteiger partial charge in [0.2, 0.25) is 0 Å². The molecule has 2 aliphatic heterocycles. The van der Waals surface area contributed by atoms with Crippen LogP contribution >= 0.6 is 0 Å². The van der Waals surface area contributed by atoms with E-state index in [1.165, 1.54) is 0 Å². The Balaban J connectivity index is 1.38. The lowest BCUT2D eigenvalue weighted by atomic mass is 9.90. The van der Waals surface area contributed by atoms with Gasteiger partial charge in [-0.25, -0.2) is 0 Å². The number of hydrogen-bond acceptors (Lipinski definition) is 5. The van der Waals surface area contributed by atoms with Crippen molar-refractivity contribution in [1.29, 1.82) is 0 Å². The third-order valence-corrected chi connectivity index (χ3v) is 4.47. The van der Waals surface area contributed by atoms with Crippen molar-refractivity contribution >= 4 is 5.69 Å². The predicted molar refractivity (Wildman–Crippen MR) is 77.9 cm³/mol. The van der Waals surface area contributed by atoms with Gasteiger partial charge in [-0.1, -0.05) is 0 Å². The number of rotatable bonds is 2. The van der Waals surface area contributed by atoms with Crippen molar-refractivity contribution < 1.29 is 18.9 Å². The van der Waals surface area contributed by atoms with Crippen molar-refractivity contribution in [2.24, 2.45) is 0 Å². The van der Waals surface area contributed by atoms with Crippen molar-refractivity contribution in [3.05, 3.63) is 18.2 Å². The van der Waals surface area contributed by atoms with E-state index in [1.54, 1.807) is 0 Å². The summed E-state index contributed by atoms with van der Waals surface area (Å²) in [6, 6.07) is 6.53. The monoisotopic (exact) mass is 291 g/mol. The highest BCUT2D eigenvalue weighted by Crippen LogP contribution is 2.38. The van der Waals surface area contributed by atoms with E-state index in [2.05, 4.69) is 11.4 Å². The van der Waals surface area contributed by atoms with Crippen molar-refractivity contribution in [1.82, 2.24) is 0 Å². The second-order valence-corrected chi connectivity index (χ2v) is 5.88. The van der Waals surface area contributed by atoms with Gasteiger partial charge in [0.25, 0.3) is 0 Å². The molecule has 1 spiro atoms. The Bertz CT molecular complexity index is 503. The largest absolute Gasteiger partial charge is 0.486 e. The molecule has 0 bridgehead atoms. The zero-order chi connectivity index (χ0) is 14.1. The highest BCUT2D eigenvalue weighted by Gasteiger charge is 2.40. The molecule has 114 valence electrons. The van der Waals surface area contributed by atoms with Crippen LogP contribution in [0, 0.1) is 0 Å². The molecular formula is C16H21NO4. The van der Waals surface area contributed by atoms with Crippen LogP contribution in [0.5, 0.6) is 11.5 Å². The highest BCUT2D eigenvalue weighted by atomic mass is 16.7. The van der Waals surface area contributed by atoms with Crippen LogP contribution in [0.1, 0.15) is 25.7 Å². The van der Waals surface area contributed by atoms with Gasteiger partial charge in [0, 0.05) is 30.6 Å². The van der Waals surface area contributed by atoms with Crippen LogP contribution < -0.4 is 14.8 Å². The Labute approximate surface area is 124 Å². The summed E-state index contributed by atoms with van der Waals surface area (Å²) in [7, 11) is 0. The van der Waals surface area contributed by atoms with E-state index in [0.29, 0.717) is 19.3 Å². The topological polar surface area (TPSA) is 49.0 Å². The van der Waals surface area contributed by atoms with Crippen molar-refractivity contribution in [3.63, 3.8) is 0 Å². The van der Waals surface area contributed by atoms with Gasteiger partial charge in [-0.3, -0.25) is 0 Å². The number of ether oxygens (including phenoxy) is 4. The lowest BCUT2D eigenvalue weighted by Crippen LogP contribution is -2.39. The van der Waals surface area contributed by atoms with E-state index in [9.17, 15) is 0 Å². The lowest BCUT2D eigenvalue weighted by molar-refractivity contribution is -0.177. The van der Waals surface area contributed by atoms with Crippen molar-refractivity contribution in [3.8, 4) is 11.5 Å². The molecule has 4 rings (SSSR count). The first-order chi connectivity index (χ1) is 10.3. The third kappa shape index (κ3) is 2.68. The molecule has 1 saturated heterocycles. The smallest absolute Gasteiger partial charge is 0.168 e. The molecule has 3 aliphatic rings. The summed E-state index contributed by atoms with van der Waals surface area (Å²) in [6.45, 7) is 2.72. The van der Waals surface area contributed by atoms with Crippen molar-refractivity contribution in [2.45, 2.75) is 37.5 Å². The number of benzene rings is 1. The minimum Gasteiger partial charge on any atom is -0.486 e. The van der Waals surface area contributed by atoms with Gasteiger partial charge in [-0.2, -0.15) is 0 Å². The predicted octanol–water partition coefficient (Wildman–Crippen LogP) is 2.56. The van der Waals surface area contributed by atoms with Crippen LogP contribution in [-0.2, 0) is 9.47 Å². The van der Waals surface area contributed by atoms with Crippen LogP contribution in [0.2, 0.25) is 0 Å². The zero-order valence-electron chi connectivity index (χ0n) is 12.1. The van der Waals surface area contributed by atoms with Gasteiger partial charge >= 0.3 is 0 Å². The van der Waals surface area contributed by atoms with E-state index in [1.807, 2.05) is 12.1 Å². The van der Waals surface area contributed by atoms with Gasteiger partial charge in [0.1, 0.15) is 13.2 Å². The van der Waals surface area contributed by atoms with Crippen LogP contribution in [0.4, 0.5) is 5.69 Å². The first-order valence-corrected chi connectivity index (χ1v) is 7.77. The van der Waals surface area contributed by atoms with Crippen molar-refractivity contribution in [2.75, 3.05) is 31.7 Å². The summed E-state index contributed by atoms with van der Waals surface area (Å²) < 4.78 is 22.7. The second kappa shape index (κ2) is 5.39. The molecule has 0 aromatic heterocycles. The van der Waals surface area contributed by atoms with E-state index in [0.717, 1.165) is 56.1 Å². The number of hydrogen-bond donors (Lipinski definition) is 1. The first-order valence-electron chi connectivity index (χ1n) is 7.77. The Hall–Kier alpha value is -1.46. The van der Waals surface area contributed by atoms with Crippen LogP contribution in [0.15, 0.2) is 18.2 Å². The minimum absolute atomic E-state index is 0.287. The zero-order valence-corrected chi connectivity index (χ0v) is 12.1. The molecule has 1 saturated carbocycles. The minimum atomic E-state index is -0.287. The Kier molecular flexibility index (Phi) is 3.39. The Morgan fingerprint density at radius 2 is 1.62 bits per heavy atom. The van der Waals surface area contributed by atoms with Crippen LogP contribution in [0.25, 0.3) is 0 Å². The summed E-state index contributed by atoms with van der Waals surface area (Å²) in [4.78, 5) is 0. The molecule has 0 amide bonds. The fraction of sp³-hybridized carbons (Fsp3) is 0.625. The summed E-state index contributed by atoms with van der Waals surface area (Å²) >= 11 is 0. The molecule has 1 aromatic rings. The first kappa shape index (κ1) is 13.2. The third-order valence-electron chi connectivity index (χ3n) is 4.47. The molecule has 21 heavy (non-hydrogen) atoms. The van der Waals surface area contributed by atoms with E-state index >= 15 is 0 Å². The highest BCUT2D eigenvalue weighted by molar-refractivity contribution is 5.55. The molecule has 1 aromatic carbocycles. The molecule has 5 nitrogen and oxygen atoms in total. The fourth-order valence-corrected chi connectivity index (χ4v) is 3.36. The Morgan fingerprint density at radius 1 is 0.905 bits per heavy atom. The van der Waals surface area contributed by atoms with Gasteiger partial charge in [0.05, 0.1) is 13.2 Å². The van der Waals surface area contributed by atoms with E-state index in [-0.39, 0.29) is 5.79 Å². The fourth-order valence-electron chi connectivity index (χ4n) is 3.36. The maximum Gasteiger partial charge on any atom is 0.168 e. The number of nitrogens with one attached hydrogen (secondary N) is 1. The molecule has 5 heteroatoms. The van der Waals surface area contributed by atoms with Gasteiger partial charge in [0.15, 0.2) is 17.3 Å². The van der Waals surface area contributed by atoms with Crippen LogP contribution in [-0.4, -0.2) is 38.3 Å².